The number of aryl methyl sites for hydroxylation is 1. The van der Waals surface area contributed by atoms with Gasteiger partial charge in [-0.25, -0.2) is 0 Å². The topological polar surface area (TPSA) is 38.3 Å². The van der Waals surface area contributed by atoms with Crippen LogP contribution in [0.2, 0.25) is 0 Å². The summed E-state index contributed by atoms with van der Waals surface area (Å²) in [7, 11) is 0. The molecule has 122 valence electrons. The van der Waals surface area contributed by atoms with Crippen molar-refractivity contribution >= 4 is 21.9 Å². The maximum Gasteiger partial charge on any atom is 0.306 e. The van der Waals surface area contributed by atoms with Crippen molar-refractivity contribution in [1.29, 1.82) is 0 Å². The number of carbonyl (C=O) groups is 1. The van der Waals surface area contributed by atoms with Crippen molar-refractivity contribution in [2.24, 2.45) is 5.92 Å². The quantitative estimate of drug-likeness (QED) is 0.769. The summed E-state index contributed by atoms with van der Waals surface area (Å²) >= 11 is 3.43. The van der Waals surface area contributed by atoms with E-state index in [4.69, 9.17) is 4.74 Å². The Morgan fingerprint density at radius 1 is 1.27 bits per heavy atom. The minimum absolute atomic E-state index is 0.0688. The third kappa shape index (κ3) is 5.40. The van der Waals surface area contributed by atoms with Crippen LogP contribution in [0.4, 0.5) is 0 Å². The molecule has 2 rings (SSSR count). The lowest BCUT2D eigenvalue weighted by atomic mass is 9.83. The van der Waals surface area contributed by atoms with Gasteiger partial charge in [0.05, 0.1) is 0 Å². The number of ether oxygens (including phenoxy) is 1. The highest BCUT2D eigenvalue weighted by molar-refractivity contribution is 9.10. The molecule has 0 atom stereocenters. The smallest absolute Gasteiger partial charge is 0.306 e. The first kappa shape index (κ1) is 17.5. The van der Waals surface area contributed by atoms with Crippen LogP contribution in [-0.2, 0) is 16.0 Å². The number of esters is 1. The van der Waals surface area contributed by atoms with E-state index in [1.54, 1.807) is 0 Å². The first-order chi connectivity index (χ1) is 10.5. The van der Waals surface area contributed by atoms with E-state index in [0.717, 1.165) is 43.2 Å². The molecule has 0 amide bonds. The fraction of sp³-hybridized carbons (Fsp3) is 0.611. The molecule has 1 saturated heterocycles. The maximum absolute atomic E-state index is 12.1. The molecule has 1 aromatic carbocycles. The minimum atomic E-state index is -0.350. The number of piperidine rings is 1. The molecule has 1 heterocycles. The Kier molecular flexibility index (Phi) is 6.45. The van der Waals surface area contributed by atoms with E-state index in [2.05, 4.69) is 47.2 Å². The third-order valence-corrected chi connectivity index (χ3v) is 4.99. The summed E-state index contributed by atoms with van der Waals surface area (Å²) in [4.78, 5) is 12.1. The molecule has 4 heteroatoms. The number of nitrogens with one attached hydrogen (secondary N) is 1. The van der Waals surface area contributed by atoms with E-state index < -0.39 is 0 Å². The fourth-order valence-corrected chi connectivity index (χ4v) is 3.30. The Labute approximate surface area is 141 Å². The van der Waals surface area contributed by atoms with Crippen LogP contribution < -0.4 is 5.32 Å². The monoisotopic (exact) mass is 367 g/mol. The van der Waals surface area contributed by atoms with E-state index in [-0.39, 0.29) is 11.6 Å². The van der Waals surface area contributed by atoms with Crippen LogP contribution in [0.3, 0.4) is 0 Å². The second kappa shape index (κ2) is 8.11. The van der Waals surface area contributed by atoms with Crippen molar-refractivity contribution in [3.05, 3.63) is 34.3 Å². The molecule has 0 bridgehead atoms. The molecule has 1 aliphatic heterocycles. The Hall–Kier alpha value is -0.870. The van der Waals surface area contributed by atoms with E-state index in [9.17, 15) is 4.79 Å². The van der Waals surface area contributed by atoms with Crippen molar-refractivity contribution in [2.45, 2.75) is 51.6 Å². The van der Waals surface area contributed by atoms with Crippen LogP contribution in [-0.4, -0.2) is 24.7 Å². The molecule has 1 N–H and O–H groups in total. The van der Waals surface area contributed by atoms with Gasteiger partial charge in [-0.3, -0.25) is 4.79 Å². The van der Waals surface area contributed by atoms with Crippen molar-refractivity contribution in [1.82, 2.24) is 5.32 Å². The maximum atomic E-state index is 12.1. The van der Waals surface area contributed by atoms with E-state index >= 15 is 0 Å². The summed E-state index contributed by atoms with van der Waals surface area (Å²) in [5, 5.41) is 3.35. The van der Waals surface area contributed by atoms with E-state index in [1.165, 1.54) is 5.56 Å². The Bertz CT molecular complexity index is 478. The van der Waals surface area contributed by atoms with Gasteiger partial charge in [0.2, 0.25) is 0 Å². The zero-order valence-electron chi connectivity index (χ0n) is 13.5. The number of benzene rings is 1. The van der Waals surface area contributed by atoms with Gasteiger partial charge in [0.25, 0.3) is 0 Å². The summed E-state index contributed by atoms with van der Waals surface area (Å²) < 4.78 is 6.84. The second-order valence-corrected chi connectivity index (χ2v) is 7.50. The Balaban J connectivity index is 1.73. The molecule has 0 spiro atoms. The molecule has 0 aromatic heterocycles. The van der Waals surface area contributed by atoms with Crippen molar-refractivity contribution in [3.63, 3.8) is 0 Å². The normalized spacial score (nSPS) is 16.5. The average Bonchev–Trinajstić information content (AvgIpc) is 2.50. The number of halogens is 1. The van der Waals surface area contributed by atoms with Crippen LogP contribution in [0.15, 0.2) is 28.7 Å². The van der Waals surface area contributed by atoms with Crippen LogP contribution in [0.5, 0.6) is 0 Å². The molecular formula is C18H26BrNO2. The molecule has 0 unspecified atom stereocenters. The van der Waals surface area contributed by atoms with Gasteiger partial charge in [0, 0.05) is 16.8 Å². The zero-order valence-corrected chi connectivity index (χ0v) is 15.1. The zero-order chi connectivity index (χ0) is 16.0. The van der Waals surface area contributed by atoms with Gasteiger partial charge in [0.15, 0.2) is 0 Å². The van der Waals surface area contributed by atoms with Crippen LogP contribution >= 0.6 is 15.9 Å². The molecular weight excluding hydrogens is 342 g/mol. The molecule has 0 saturated carbocycles. The predicted molar refractivity (Wildman–Crippen MR) is 92.8 cm³/mol. The lowest BCUT2D eigenvalue weighted by Crippen LogP contribution is -2.42. The number of hydrogen-bond acceptors (Lipinski definition) is 3. The number of carbonyl (C=O) groups excluding carboxylic acids is 1. The first-order valence-corrected chi connectivity index (χ1v) is 8.94. The van der Waals surface area contributed by atoms with E-state index in [1.807, 2.05) is 12.1 Å². The van der Waals surface area contributed by atoms with Gasteiger partial charge in [-0.2, -0.15) is 0 Å². The van der Waals surface area contributed by atoms with Gasteiger partial charge in [0.1, 0.15) is 5.60 Å². The van der Waals surface area contributed by atoms with Gasteiger partial charge < -0.3 is 10.1 Å². The standard InChI is InChI=1S/C18H26BrNO2/c1-18(2,15-10-12-20-13-11-15)22-17(21)5-3-4-14-6-8-16(19)9-7-14/h6-9,15,20H,3-5,10-13H2,1-2H3. The van der Waals surface area contributed by atoms with E-state index in [0.29, 0.717) is 12.3 Å². The number of rotatable bonds is 6. The van der Waals surface area contributed by atoms with Crippen LogP contribution in [0.1, 0.15) is 45.1 Å². The molecule has 22 heavy (non-hydrogen) atoms. The highest BCUT2D eigenvalue weighted by Crippen LogP contribution is 2.29. The fourth-order valence-electron chi connectivity index (χ4n) is 3.03. The van der Waals surface area contributed by atoms with Gasteiger partial charge in [-0.05, 0) is 70.3 Å². The molecule has 0 radical (unpaired) electrons. The van der Waals surface area contributed by atoms with Crippen LogP contribution in [0.25, 0.3) is 0 Å². The summed E-state index contributed by atoms with van der Waals surface area (Å²) in [5.74, 6) is 0.393. The third-order valence-electron chi connectivity index (χ3n) is 4.46. The predicted octanol–water partition coefficient (Wildman–Crippen LogP) is 4.09. The van der Waals surface area contributed by atoms with Gasteiger partial charge >= 0.3 is 5.97 Å². The largest absolute Gasteiger partial charge is 0.459 e. The highest BCUT2D eigenvalue weighted by atomic mass is 79.9. The minimum Gasteiger partial charge on any atom is -0.459 e. The molecule has 0 aliphatic carbocycles. The summed E-state index contributed by atoms with van der Waals surface area (Å²) in [5.41, 5.74) is 0.908. The summed E-state index contributed by atoms with van der Waals surface area (Å²) in [6.45, 7) is 6.15. The number of hydrogen-bond donors (Lipinski definition) is 1. The second-order valence-electron chi connectivity index (χ2n) is 6.58. The lowest BCUT2D eigenvalue weighted by Gasteiger charge is -2.36. The molecule has 1 aliphatic rings. The SMILES string of the molecule is CC(C)(OC(=O)CCCc1ccc(Br)cc1)C1CCNCC1. The Morgan fingerprint density at radius 2 is 1.91 bits per heavy atom. The highest BCUT2D eigenvalue weighted by Gasteiger charge is 2.33. The molecule has 1 aromatic rings. The summed E-state index contributed by atoms with van der Waals surface area (Å²) in [6.07, 6.45) is 4.40. The summed E-state index contributed by atoms with van der Waals surface area (Å²) in [6, 6.07) is 8.25. The van der Waals surface area contributed by atoms with Crippen molar-refractivity contribution < 1.29 is 9.53 Å². The van der Waals surface area contributed by atoms with Gasteiger partial charge in [-0.15, -0.1) is 0 Å². The molecule has 3 nitrogen and oxygen atoms in total. The van der Waals surface area contributed by atoms with Gasteiger partial charge in [-0.1, -0.05) is 28.1 Å². The lowest BCUT2D eigenvalue weighted by molar-refractivity contribution is -0.162. The first-order valence-electron chi connectivity index (χ1n) is 8.14. The average molecular weight is 368 g/mol. The van der Waals surface area contributed by atoms with Crippen molar-refractivity contribution in [2.75, 3.05) is 13.1 Å². The molecule has 1 fully saturated rings. The van der Waals surface area contributed by atoms with Crippen LogP contribution in [0, 0.1) is 5.92 Å². The Morgan fingerprint density at radius 3 is 2.55 bits per heavy atom. The van der Waals surface area contributed by atoms with Crippen molar-refractivity contribution in [3.8, 4) is 0 Å².